The molecule has 9 nitrogen and oxygen atoms in total. The molecule has 29 heavy (non-hydrogen) atoms. The fourth-order valence-electron chi connectivity index (χ4n) is 3.01. The number of aromatic nitrogens is 2. The Hall–Kier alpha value is -3.95. The number of carbonyl (C=O) groups is 1. The fourth-order valence-corrected chi connectivity index (χ4v) is 3.01. The van der Waals surface area contributed by atoms with Crippen molar-refractivity contribution in [2.24, 2.45) is 0 Å². The highest BCUT2D eigenvalue weighted by Gasteiger charge is 2.28. The van der Waals surface area contributed by atoms with E-state index in [2.05, 4.69) is 15.6 Å². The first kappa shape index (κ1) is 18.4. The molecule has 0 fully saturated rings. The Bertz CT molecular complexity index is 1050. The van der Waals surface area contributed by atoms with Gasteiger partial charge in [0.2, 0.25) is 0 Å². The topological polar surface area (TPSA) is 111 Å². The van der Waals surface area contributed by atoms with Crippen LogP contribution in [0.5, 0.6) is 6.01 Å². The Balaban J connectivity index is 1.35. The second-order valence-electron chi connectivity index (χ2n) is 6.48. The monoisotopic (exact) mass is 397 g/mol. The van der Waals surface area contributed by atoms with E-state index in [4.69, 9.17) is 4.74 Å². The Labute approximate surface area is 164 Å². The van der Waals surface area contributed by atoms with Gasteiger partial charge in [-0.15, -0.1) is 0 Å². The summed E-state index contributed by atoms with van der Waals surface area (Å²) in [7, 11) is 0. The highest BCUT2D eigenvalue weighted by Crippen LogP contribution is 2.23. The molecule has 2 heterocycles. The minimum Gasteiger partial charge on any atom is -0.444 e. The number of hydrogen-bond donors (Lipinski definition) is 2. The first-order valence-electron chi connectivity index (χ1n) is 8.76. The van der Waals surface area contributed by atoms with Crippen molar-refractivity contribution in [3.63, 3.8) is 0 Å². The molecule has 1 aromatic heterocycles. The maximum absolute atomic E-state index is 13.0. The highest BCUT2D eigenvalue weighted by molar-refractivity contribution is 5.89. The predicted octanol–water partition coefficient (Wildman–Crippen LogP) is 3.18. The smallest absolute Gasteiger partial charge is 0.414 e. The molecule has 2 aromatic carbocycles. The number of urea groups is 1. The van der Waals surface area contributed by atoms with Gasteiger partial charge in [0.05, 0.1) is 12.6 Å². The summed E-state index contributed by atoms with van der Waals surface area (Å²) in [5, 5.41) is 16.3. The molecule has 0 aliphatic carbocycles. The SMILES string of the molecule is O=C(Nc1ccc(-c2ccc(F)cc2)cc1)N[C@@H]1COc2nc([N+](=O)[O-])cn2C1. The van der Waals surface area contributed by atoms with Crippen LogP contribution >= 0.6 is 0 Å². The molecule has 2 N–H and O–H groups in total. The molecule has 0 radical (unpaired) electrons. The van der Waals surface area contributed by atoms with E-state index in [9.17, 15) is 19.3 Å². The lowest BCUT2D eigenvalue weighted by molar-refractivity contribution is -0.389. The van der Waals surface area contributed by atoms with Gasteiger partial charge in [-0.3, -0.25) is 4.57 Å². The second-order valence-corrected chi connectivity index (χ2v) is 6.48. The Morgan fingerprint density at radius 2 is 1.83 bits per heavy atom. The van der Waals surface area contributed by atoms with Crippen LogP contribution in [0, 0.1) is 15.9 Å². The normalized spacial score (nSPS) is 15.1. The van der Waals surface area contributed by atoms with Gasteiger partial charge in [-0.05, 0) is 40.3 Å². The van der Waals surface area contributed by atoms with E-state index in [-0.39, 0.29) is 30.3 Å². The molecule has 4 rings (SSSR count). The van der Waals surface area contributed by atoms with Gasteiger partial charge in [-0.25, -0.2) is 9.18 Å². The maximum Gasteiger partial charge on any atom is 0.414 e. The van der Waals surface area contributed by atoms with Gasteiger partial charge in [0.25, 0.3) is 0 Å². The number of nitrogens with one attached hydrogen (secondary N) is 2. The third kappa shape index (κ3) is 4.15. The van der Waals surface area contributed by atoms with Gasteiger partial charge in [0.15, 0.2) is 0 Å². The van der Waals surface area contributed by atoms with Crippen molar-refractivity contribution in [2.75, 3.05) is 11.9 Å². The average Bonchev–Trinajstić information content (AvgIpc) is 3.13. The van der Waals surface area contributed by atoms with Crippen LogP contribution in [0.2, 0.25) is 0 Å². The number of imidazole rings is 1. The van der Waals surface area contributed by atoms with Crippen molar-refractivity contribution >= 4 is 17.5 Å². The molecular weight excluding hydrogens is 381 g/mol. The minimum absolute atomic E-state index is 0.158. The van der Waals surface area contributed by atoms with Crippen LogP contribution in [0.3, 0.4) is 0 Å². The van der Waals surface area contributed by atoms with E-state index in [1.54, 1.807) is 24.3 Å². The Kier molecular flexibility index (Phi) is 4.82. The number of hydrogen-bond acceptors (Lipinski definition) is 5. The van der Waals surface area contributed by atoms with Gasteiger partial charge in [0, 0.05) is 10.7 Å². The van der Waals surface area contributed by atoms with Crippen molar-refractivity contribution in [1.82, 2.24) is 14.9 Å². The number of rotatable bonds is 4. The second kappa shape index (κ2) is 7.58. The van der Waals surface area contributed by atoms with Crippen molar-refractivity contribution in [3.8, 4) is 17.1 Å². The molecule has 0 saturated heterocycles. The third-order valence-electron chi connectivity index (χ3n) is 4.40. The number of nitrogens with zero attached hydrogens (tertiary/aromatic N) is 3. The van der Waals surface area contributed by atoms with Crippen LogP contribution in [-0.4, -0.2) is 33.2 Å². The molecule has 1 aliphatic rings. The summed E-state index contributed by atoms with van der Waals surface area (Å²) in [5.74, 6) is -0.598. The Morgan fingerprint density at radius 1 is 1.17 bits per heavy atom. The zero-order valence-electron chi connectivity index (χ0n) is 15.0. The zero-order valence-corrected chi connectivity index (χ0v) is 15.0. The van der Waals surface area contributed by atoms with Crippen LogP contribution < -0.4 is 15.4 Å². The number of anilines is 1. The molecule has 0 unspecified atom stereocenters. The summed E-state index contributed by atoms with van der Waals surface area (Å²) in [4.78, 5) is 26.2. The number of benzene rings is 2. The van der Waals surface area contributed by atoms with Gasteiger partial charge < -0.3 is 25.5 Å². The molecule has 3 aromatic rings. The number of carbonyl (C=O) groups excluding carboxylic acids is 1. The third-order valence-corrected chi connectivity index (χ3v) is 4.40. The van der Waals surface area contributed by atoms with Crippen molar-refractivity contribution in [3.05, 3.63) is 70.7 Å². The number of halogens is 1. The van der Waals surface area contributed by atoms with Crippen LogP contribution in [0.15, 0.2) is 54.7 Å². The first-order valence-corrected chi connectivity index (χ1v) is 8.76. The van der Waals surface area contributed by atoms with E-state index in [1.807, 2.05) is 12.1 Å². The van der Waals surface area contributed by atoms with E-state index >= 15 is 0 Å². The molecule has 148 valence electrons. The quantitative estimate of drug-likeness (QED) is 0.519. The van der Waals surface area contributed by atoms with Gasteiger partial charge in [-0.2, -0.15) is 0 Å². The van der Waals surface area contributed by atoms with Crippen LogP contribution in [0.25, 0.3) is 11.1 Å². The molecule has 10 heteroatoms. The number of fused-ring (bicyclic) bond motifs is 1. The van der Waals surface area contributed by atoms with Gasteiger partial charge >= 0.3 is 17.9 Å². The van der Waals surface area contributed by atoms with Crippen LogP contribution in [0.1, 0.15) is 0 Å². The molecule has 2 amide bonds. The van der Waals surface area contributed by atoms with Gasteiger partial charge in [0.1, 0.15) is 18.6 Å². The molecule has 1 atom stereocenters. The van der Waals surface area contributed by atoms with Crippen molar-refractivity contribution in [2.45, 2.75) is 12.6 Å². The zero-order chi connectivity index (χ0) is 20.4. The van der Waals surface area contributed by atoms with E-state index in [0.29, 0.717) is 12.2 Å². The first-order chi connectivity index (χ1) is 14.0. The van der Waals surface area contributed by atoms with Crippen molar-refractivity contribution in [1.29, 1.82) is 0 Å². The molecule has 0 saturated carbocycles. The summed E-state index contributed by atoms with van der Waals surface area (Å²) < 4.78 is 19.9. The lowest BCUT2D eigenvalue weighted by atomic mass is 10.1. The summed E-state index contributed by atoms with van der Waals surface area (Å²) >= 11 is 0. The summed E-state index contributed by atoms with van der Waals surface area (Å²) in [5.41, 5.74) is 2.35. The number of ether oxygens (including phenoxy) is 1. The van der Waals surface area contributed by atoms with E-state index in [1.165, 1.54) is 22.9 Å². The van der Waals surface area contributed by atoms with E-state index < -0.39 is 11.0 Å². The highest BCUT2D eigenvalue weighted by atomic mass is 19.1. The Morgan fingerprint density at radius 3 is 2.48 bits per heavy atom. The summed E-state index contributed by atoms with van der Waals surface area (Å²) in [6.07, 6.45) is 1.27. The largest absolute Gasteiger partial charge is 0.444 e. The molecule has 0 spiro atoms. The summed E-state index contributed by atoms with van der Waals surface area (Å²) in [6, 6.07) is 12.6. The number of nitro groups is 1. The maximum atomic E-state index is 13.0. The number of amides is 2. The van der Waals surface area contributed by atoms with Gasteiger partial charge in [-0.1, -0.05) is 24.3 Å². The molecular formula is C19H16FN5O4. The minimum atomic E-state index is -0.598. The van der Waals surface area contributed by atoms with E-state index in [0.717, 1.165) is 11.1 Å². The van der Waals surface area contributed by atoms with Crippen molar-refractivity contribution < 1.29 is 18.8 Å². The summed E-state index contributed by atoms with van der Waals surface area (Å²) in [6.45, 7) is 0.470. The standard InChI is InChI=1S/C19H16FN5O4/c20-14-5-1-12(2-6-14)13-3-7-15(8-4-13)21-18(26)22-16-9-24-10-17(25(27)28)23-19(24)29-11-16/h1-8,10,16H,9,11H2,(H2,21,22,26)/t16-/m0/s1. The predicted molar refractivity (Wildman–Crippen MR) is 102 cm³/mol. The molecule has 1 aliphatic heterocycles. The van der Waals surface area contributed by atoms with Crippen LogP contribution in [-0.2, 0) is 6.54 Å². The lowest BCUT2D eigenvalue weighted by Gasteiger charge is -2.23. The van der Waals surface area contributed by atoms with Crippen LogP contribution in [0.4, 0.5) is 20.7 Å². The lowest BCUT2D eigenvalue weighted by Crippen LogP contribution is -2.46. The fraction of sp³-hybridized carbons (Fsp3) is 0.158. The molecule has 0 bridgehead atoms. The average molecular weight is 397 g/mol.